The first-order valence-corrected chi connectivity index (χ1v) is 14.9. The second-order valence-corrected chi connectivity index (χ2v) is 12.2. The quantitative estimate of drug-likeness (QED) is 0.290. The molecular weight excluding hydrogens is 557 g/mol. The minimum atomic E-state index is -4.18. The van der Waals surface area contributed by atoms with E-state index in [1.165, 1.54) is 35.2 Å². The number of amides is 2. The van der Waals surface area contributed by atoms with Crippen molar-refractivity contribution >= 4 is 50.7 Å². The van der Waals surface area contributed by atoms with E-state index >= 15 is 0 Å². The average molecular weight is 591 g/mol. The Morgan fingerprint density at radius 2 is 1.51 bits per heavy atom. The maximum Gasteiger partial charge on any atom is 0.264 e. The van der Waals surface area contributed by atoms with Gasteiger partial charge in [-0.3, -0.25) is 13.9 Å². The summed E-state index contributed by atoms with van der Waals surface area (Å²) in [7, 11) is -4.18. The van der Waals surface area contributed by atoms with Gasteiger partial charge in [-0.1, -0.05) is 92.5 Å². The molecule has 0 aliphatic carbocycles. The van der Waals surface area contributed by atoms with Crippen LogP contribution >= 0.6 is 23.2 Å². The van der Waals surface area contributed by atoms with Crippen LogP contribution in [0.15, 0.2) is 83.8 Å². The molecular formula is C29H33Cl2N3O4S. The molecule has 2 amide bonds. The Bertz CT molecular complexity index is 1370. The number of nitrogens with one attached hydrogen (secondary N) is 1. The topological polar surface area (TPSA) is 86.8 Å². The van der Waals surface area contributed by atoms with E-state index in [9.17, 15) is 18.0 Å². The lowest BCUT2D eigenvalue weighted by molar-refractivity contribution is -0.140. The van der Waals surface area contributed by atoms with Crippen LogP contribution in [0.5, 0.6) is 0 Å². The second kappa shape index (κ2) is 13.8. The molecule has 10 heteroatoms. The smallest absolute Gasteiger partial charge is 0.264 e. The SMILES string of the molecule is CC[C@@H](C(=O)NCC(C)C)N(Cc1ccccc1)C(=O)CN(c1ccc(Cl)c(Cl)c1)S(=O)(=O)c1ccccc1. The van der Waals surface area contributed by atoms with Gasteiger partial charge in [0.05, 0.1) is 20.6 Å². The second-order valence-electron chi connectivity index (χ2n) is 9.49. The molecule has 7 nitrogen and oxygen atoms in total. The third-order valence-electron chi connectivity index (χ3n) is 6.07. The third kappa shape index (κ3) is 7.97. The molecule has 0 unspecified atom stereocenters. The van der Waals surface area contributed by atoms with Crippen molar-refractivity contribution in [3.05, 3.63) is 94.5 Å². The molecule has 39 heavy (non-hydrogen) atoms. The van der Waals surface area contributed by atoms with Crippen LogP contribution in [0.25, 0.3) is 0 Å². The Balaban J connectivity index is 2.04. The van der Waals surface area contributed by atoms with Crippen LogP contribution in [-0.2, 0) is 26.2 Å². The number of anilines is 1. The molecule has 0 aliphatic rings. The van der Waals surface area contributed by atoms with Gasteiger partial charge in [-0.05, 0) is 48.2 Å². The fraction of sp³-hybridized carbons (Fsp3) is 0.310. The Morgan fingerprint density at radius 1 is 0.897 bits per heavy atom. The summed E-state index contributed by atoms with van der Waals surface area (Å²) in [6, 6.07) is 20.7. The van der Waals surface area contributed by atoms with Gasteiger partial charge in [0.2, 0.25) is 11.8 Å². The van der Waals surface area contributed by atoms with Crippen LogP contribution in [0.1, 0.15) is 32.8 Å². The first kappa shape index (κ1) is 30.5. The average Bonchev–Trinajstić information content (AvgIpc) is 2.92. The van der Waals surface area contributed by atoms with Gasteiger partial charge in [0.25, 0.3) is 10.0 Å². The fourth-order valence-corrected chi connectivity index (χ4v) is 5.73. The normalized spacial score (nSPS) is 12.2. The highest BCUT2D eigenvalue weighted by Gasteiger charge is 2.33. The van der Waals surface area contributed by atoms with Crippen LogP contribution in [0.3, 0.4) is 0 Å². The van der Waals surface area contributed by atoms with E-state index < -0.39 is 28.5 Å². The molecule has 0 spiro atoms. The molecule has 208 valence electrons. The van der Waals surface area contributed by atoms with Crippen LogP contribution < -0.4 is 9.62 Å². The standard InChI is InChI=1S/C29H33Cl2N3O4S/c1-4-27(29(36)32-18-21(2)3)33(19-22-11-7-5-8-12-22)28(35)20-34(23-15-16-25(30)26(31)17-23)39(37,38)24-13-9-6-10-14-24/h5-17,21,27H,4,18-20H2,1-3H3,(H,32,36)/t27-/m0/s1. The summed E-state index contributed by atoms with van der Waals surface area (Å²) in [5.74, 6) is -0.593. The van der Waals surface area contributed by atoms with Crippen LogP contribution in [0.2, 0.25) is 10.0 Å². The number of halogens is 2. The van der Waals surface area contributed by atoms with Gasteiger partial charge in [0, 0.05) is 13.1 Å². The molecule has 0 saturated carbocycles. The van der Waals surface area contributed by atoms with E-state index in [1.807, 2.05) is 51.1 Å². The summed E-state index contributed by atoms with van der Waals surface area (Å²) in [5.41, 5.74) is 0.992. The number of rotatable bonds is 12. The molecule has 1 N–H and O–H groups in total. The minimum absolute atomic E-state index is 0.0141. The first-order chi connectivity index (χ1) is 18.5. The van der Waals surface area contributed by atoms with Crippen molar-refractivity contribution in [2.75, 3.05) is 17.4 Å². The van der Waals surface area contributed by atoms with Gasteiger partial charge in [0.1, 0.15) is 12.6 Å². The first-order valence-electron chi connectivity index (χ1n) is 12.7. The van der Waals surface area contributed by atoms with Gasteiger partial charge in [-0.2, -0.15) is 0 Å². The number of nitrogens with zero attached hydrogens (tertiary/aromatic N) is 2. The molecule has 3 aromatic rings. The maximum absolute atomic E-state index is 14.0. The van der Waals surface area contributed by atoms with Crippen molar-refractivity contribution < 1.29 is 18.0 Å². The van der Waals surface area contributed by atoms with Crippen LogP contribution in [-0.4, -0.2) is 44.3 Å². The monoisotopic (exact) mass is 589 g/mol. The van der Waals surface area contributed by atoms with Crippen molar-refractivity contribution in [3.63, 3.8) is 0 Å². The lowest BCUT2D eigenvalue weighted by Crippen LogP contribution is -2.52. The van der Waals surface area contributed by atoms with E-state index in [0.717, 1.165) is 9.87 Å². The van der Waals surface area contributed by atoms with Crippen LogP contribution in [0, 0.1) is 5.92 Å². The van der Waals surface area contributed by atoms with Gasteiger partial charge >= 0.3 is 0 Å². The zero-order valence-electron chi connectivity index (χ0n) is 22.2. The van der Waals surface area contributed by atoms with Crippen LogP contribution in [0.4, 0.5) is 5.69 Å². The number of carbonyl (C=O) groups excluding carboxylic acids is 2. The predicted molar refractivity (Wildman–Crippen MR) is 156 cm³/mol. The summed E-state index contributed by atoms with van der Waals surface area (Å²) in [4.78, 5) is 28.6. The van der Waals surface area contributed by atoms with E-state index in [2.05, 4.69) is 5.32 Å². The molecule has 0 heterocycles. The number of carbonyl (C=O) groups is 2. The Hall–Kier alpha value is -3.07. The molecule has 0 fully saturated rings. The molecule has 0 aliphatic heterocycles. The summed E-state index contributed by atoms with van der Waals surface area (Å²) in [6.45, 7) is 5.84. The Kier molecular flexibility index (Phi) is 10.8. The zero-order chi connectivity index (χ0) is 28.6. The lowest BCUT2D eigenvalue weighted by Gasteiger charge is -2.33. The highest BCUT2D eigenvalue weighted by atomic mass is 35.5. The zero-order valence-corrected chi connectivity index (χ0v) is 24.5. The van der Waals surface area contributed by atoms with Gasteiger partial charge in [-0.15, -0.1) is 0 Å². The Morgan fingerprint density at radius 3 is 2.08 bits per heavy atom. The van der Waals surface area contributed by atoms with E-state index in [0.29, 0.717) is 13.0 Å². The minimum Gasteiger partial charge on any atom is -0.354 e. The molecule has 3 aromatic carbocycles. The predicted octanol–water partition coefficient (Wildman–Crippen LogP) is 5.77. The number of hydrogen-bond acceptors (Lipinski definition) is 4. The number of sulfonamides is 1. The Labute approximate surface area is 240 Å². The molecule has 0 aromatic heterocycles. The van der Waals surface area contributed by atoms with E-state index in [4.69, 9.17) is 23.2 Å². The summed E-state index contributed by atoms with van der Waals surface area (Å²) in [5, 5.41) is 3.31. The summed E-state index contributed by atoms with van der Waals surface area (Å²) in [6.07, 6.45) is 0.348. The summed E-state index contributed by atoms with van der Waals surface area (Å²) >= 11 is 12.3. The lowest BCUT2D eigenvalue weighted by atomic mass is 10.1. The highest BCUT2D eigenvalue weighted by Crippen LogP contribution is 2.31. The van der Waals surface area contributed by atoms with Crippen molar-refractivity contribution in [1.82, 2.24) is 10.2 Å². The van der Waals surface area contributed by atoms with E-state index in [-0.39, 0.29) is 39.0 Å². The molecule has 0 saturated heterocycles. The largest absolute Gasteiger partial charge is 0.354 e. The van der Waals surface area contributed by atoms with Crippen molar-refractivity contribution in [3.8, 4) is 0 Å². The fourth-order valence-electron chi connectivity index (χ4n) is 4.01. The van der Waals surface area contributed by atoms with Crippen molar-refractivity contribution in [1.29, 1.82) is 0 Å². The van der Waals surface area contributed by atoms with E-state index in [1.54, 1.807) is 18.2 Å². The van der Waals surface area contributed by atoms with Crippen molar-refractivity contribution in [2.45, 2.75) is 44.7 Å². The molecule has 0 bridgehead atoms. The number of hydrogen-bond donors (Lipinski definition) is 1. The van der Waals surface area contributed by atoms with Crippen molar-refractivity contribution in [2.24, 2.45) is 5.92 Å². The van der Waals surface area contributed by atoms with Gasteiger partial charge < -0.3 is 10.2 Å². The van der Waals surface area contributed by atoms with Gasteiger partial charge in [-0.25, -0.2) is 8.42 Å². The molecule has 3 rings (SSSR count). The maximum atomic E-state index is 14.0. The number of benzene rings is 3. The highest BCUT2D eigenvalue weighted by molar-refractivity contribution is 7.92. The molecule has 1 atom stereocenters. The molecule has 0 radical (unpaired) electrons. The van der Waals surface area contributed by atoms with Gasteiger partial charge in [0.15, 0.2) is 0 Å². The summed E-state index contributed by atoms with van der Waals surface area (Å²) < 4.78 is 28.6. The third-order valence-corrected chi connectivity index (χ3v) is 8.59.